The fourth-order valence-corrected chi connectivity index (χ4v) is 2.07. The second-order valence-electron chi connectivity index (χ2n) is 3.92. The molecule has 0 saturated carbocycles. The number of aliphatic carboxylic acids is 1. The molecular formula is C13H15NO3. The Balaban J connectivity index is 2.59. The summed E-state index contributed by atoms with van der Waals surface area (Å²) in [6.45, 7) is 2.01. The summed E-state index contributed by atoms with van der Waals surface area (Å²) in [5.74, 6) is -0.0419. The SMILES string of the molecule is CCc1[nH]c2cc(OC)ccc2c1CC(=O)O. The maximum atomic E-state index is 10.9. The fraction of sp³-hybridized carbons (Fsp3) is 0.308. The maximum Gasteiger partial charge on any atom is 0.307 e. The number of aryl methyl sites for hydroxylation is 1. The molecule has 0 aliphatic rings. The molecule has 2 aromatic rings. The van der Waals surface area contributed by atoms with Crippen molar-refractivity contribution < 1.29 is 14.6 Å². The molecule has 0 aliphatic heterocycles. The Morgan fingerprint density at radius 3 is 2.82 bits per heavy atom. The molecule has 4 nitrogen and oxygen atoms in total. The molecule has 0 unspecified atom stereocenters. The summed E-state index contributed by atoms with van der Waals surface area (Å²) in [7, 11) is 1.61. The number of nitrogens with one attached hydrogen (secondary N) is 1. The number of hydrogen-bond acceptors (Lipinski definition) is 2. The van der Waals surface area contributed by atoms with Crippen LogP contribution in [-0.2, 0) is 17.6 Å². The number of carboxylic acids is 1. The van der Waals surface area contributed by atoms with Crippen LogP contribution in [0.25, 0.3) is 10.9 Å². The second kappa shape index (κ2) is 4.49. The minimum Gasteiger partial charge on any atom is -0.497 e. The molecule has 0 spiro atoms. The summed E-state index contributed by atoms with van der Waals surface area (Å²) < 4.78 is 5.15. The summed E-state index contributed by atoms with van der Waals surface area (Å²) in [6.07, 6.45) is 0.842. The van der Waals surface area contributed by atoms with E-state index in [0.29, 0.717) is 0 Å². The van der Waals surface area contributed by atoms with Gasteiger partial charge >= 0.3 is 5.97 Å². The number of aromatic nitrogens is 1. The first kappa shape index (κ1) is 11.5. The second-order valence-corrected chi connectivity index (χ2v) is 3.92. The van der Waals surface area contributed by atoms with E-state index in [4.69, 9.17) is 9.84 Å². The molecule has 1 aromatic heterocycles. The van der Waals surface area contributed by atoms with Crippen molar-refractivity contribution >= 4 is 16.9 Å². The molecule has 0 fully saturated rings. The molecule has 0 aliphatic carbocycles. The van der Waals surface area contributed by atoms with Crippen LogP contribution in [0.2, 0.25) is 0 Å². The van der Waals surface area contributed by atoms with Crippen molar-refractivity contribution in [3.05, 3.63) is 29.5 Å². The summed E-state index contributed by atoms with van der Waals surface area (Å²) in [5, 5.41) is 9.89. The number of fused-ring (bicyclic) bond motifs is 1. The van der Waals surface area contributed by atoms with E-state index in [9.17, 15) is 4.79 Å². The minimum absolute atomic E-state index is 0.0511. The van der Waals surface area contributed by atoms with Crippen LogP contribution in [0, 0.1) is 0 Å². The summed E-state index contributed by atoms with van der Waals surface area (Å²) in [4.78, 5) is 14.1. The predicted molar refractivity (Wildman–Crippen MR) is 65.6 cm³/mol. The summed E-state index contributed by atoms with van der Waals surface area (Å²) in [5.41, 5.74) is 2.78. The van der Waals surface area contributed by atoms with Crippen molar-refractivity contribution in [2.24, 2.45) is 0 Å². The molecule has 0 amide bonds. The molecule has 4 heteroatoms. The number of hydrogen-bond donors (Lipinski definition) is 2. The van der Waals surface area contributed by atoms with E-state index >= 15 is 0 Å². The van der Waals surface area contributed by atoms with Gasteiger partial charge in [-0.3, -0.25) is 4.79 Å². The first-order valence-electron chi connectivity index (χ1n) is 5.55. The highest BCUT2D eigenvalue weighted by Crippen LogP contribution is 2.27. The van der Waals surface area contributed by atoms with Gasteiger partial charge in [0, 0.05) is 22.7 Å². The van der Waals surface area contributed by atoms with Crippen LogP contribution in [0.15, 0.2) is 18.2 Å². The van der Waals surface area contributed by atoms with Crippen LogP contribution < -0.4 is 4.74 Å². The van der Waals surface area contributed by atoms with Gasteiger partial charge in [0.1, 0.15) is 5.75 Å². The Morgan fingerprint density at radius 2 is 2.24 bits per heavy atom. The minimum atomic E-state index is -0.809. The van der Waals surface area contributed by atoms with Gasteiger partial charge in [-0.25, -0.2) is 0 Å². The summed E-state index contributed by atoms with van der Waals surface area (Å²) >= 11 is 0. The van der Waals surface area contributed by atoms with Crippen molar-refractivity contribution in [2.45, 2.75) is 19.8 Å². The van der Waals surface area contributed by atoms with E-state index in [1.165, 1.54) is 0 Å². The normalized spacial score (nSPS) is 10.7. The van der Waals surface area contributed by atoms with Crippen molar-refractivity contribution in [3.8, 4) is 5.75 Å². The largest absolute Gasteiger partial charge is 0.497 e. The van der Waals surface area contributed by atoms with Crippen molar-refractivity contribution in [1.82, 2.24) is 4.98 Å². The molecule has 0 bridgehead atoms. The number of carboxylic acid groups (broad SMARTS) is 1. The van der Waals surface area contributed by atoms with Crippen LogP contribution in [-0.4, -0.2) is 23.2 Å². The third kappa shape index (κ3) is 2.11. The standard InChI is InChI=1S/C13H15NO3/c1-3-11-10(7-13(15)16)9-5-4-8(17-2)6-12(9)14-11/h4-6,14H,3,7H2,1-2H3,(H,15,16). The quantitative estimate of drug-likeness (QED) is 0.852. The van der Waals surface area contributed by atoms with Gasteiger partial charge in [-0.15, -0.1) is 0 Å². The van der Waals surface area contributed by atoms with Gasteiger partial charge in [0.15, 0.2) is 0 Å². The maximum absolute atomic E-state index is 10.9. The lowest BCUT2D eigenvalue weighted by Crippen LogP contribution is -2.01. The van der Waals surface area contributed by atoms with E-state index < -0.39 is 5.97 Å². The van der Waals surface area contributed by atoms with E-state index in [-0.39, 0.29) is 6.42 Å². The van der Waals surface area contributed by atoms with Gasteiger partial charge in [-0.05, 0) is 24.1 Å². The lowest BCUT2D eigenvalue weighted by molar-refractivity contribution is -0.136. The van der Waals surface area contributed by atoms with Gasteiger partial charge in [-0.2, -0.15) is 0 Å². The molecule has 1 heterocycles. The number of carbonyl (C=O) groups is 1. The Labute approximate surface area is 99.2 Å². The number of H-pyrrole nitrogens is 1. The van der Waals surface area contributed by atoms with Crippen molar-refractivity contribution in [1.29, 1.82) is 0 Å². The Hall–Kier alpha value is -1.97. The van der Waals surface area contributed by atoms with Crippen molar-refractivity contribution in [3.63, 3.8) is 0 Å². The van der Waals surface area contributed by atoms with Gasteiger partial charge < -0.3 is 14.8 Å². The van der Waals surface area contributed by atoms with Gasteiger partial charge in [0.25, 0.3) is 0 Å². The van der Waals surface area contributed by atoms with Crippen LogP contribution in [0.4, 0.5) is 0 Å². The van der Waals surface area contributed by atoms with E-state index in [2.05, 4.69) is 4.98 Å². The van der Waals surface area contributed by atoms with Crippen LogP contribution in [0.5, 0.6) is 5.75 Å². The van der Waals surface area contributed by atoms with Crippen LogP contribution >= 0.6 is 0 Å². The number of rotatable bonds is 4. The molecule has 2 N–H and O–H groups in total. The molecule has 0 radical (unpaired) electrons. The molecule has 1 aromatic carbocycles. The monoisotopic (exact) mass is 233 g/mol. The third-order valence-electron chi connectivity index (χ3n) is 2.88. The first-order valence-corrected chi connectivity index (χ1v) is 5.55. The van der Waals surface area contributed by atoms with Gasteiger partial charge in [0.05, 0.1) is 13.5 Å². The Morgan fingerprint density at radius 1 is 1.47 bits per heavy atom. The molecular weight excluding hydrogens is 218 g/mol. The average molecular weight is 233 g/mol. The predicted octanol–water partition coefficient (Wildman–Crippen LogP) is 2.37. The number of methoxy groups -OCH3 is 1. The molecule has 2 rings (SSSR count). The molecule has 90 valence electrons. The highest BCUT2D eigenvalue weighted by molar-refractivity contribution is 5.89. The lowest BCUT2D eigenvalue weighted by atomic mass is 10.1. The van der Waals surface area contributed by atoms with E-state index in [1.807, 2.05) is 25.1 Å². The molecule has 0 atom stereocenters. The van der Waals surface area contributed by atoms with E-state index in [1.54, 1.807) is 7.11 Å². The smallest absolute Gasteiger partial charge is 0.307 e. The Kier molecular flexibility index (Phi) is 3.04. The summed E-state index contributed by atoms with van der Waals surface area (Å²) in [6, 6.07) is 5.64. The highest BCUT2D eigenvalue weighted by Gasteiger charge is 2.13. The fourth-order valence-electron chi connectivity index (χ4n) is 2.07. The van der Waals surface area contributed by atoms with Gasteiger partial charge in [-0.1, -0.05) is 6.92 Å². The van der Waals surface area contributed by atoms with E-state index in [0.717, 1.165) is 34.3 Å². The number of ether oxygens (including phenoxy) is 1. The zero-order valence-corrected chi connectivity index (χ0v) is 9.91. The Bertz CT molecular complexity index is 557. The topological polar surface area (TPSA) is 62.3 Å². The molecule has 0 saturated heterocycles. The highest BCUT2D eigenvalue weighted by atomic mass is 16.5. The van der Waals surface area contributed by atoms with Gasteiger partial charge in [0.2, 0.25) is 0 Å². The zero-order valence-electron chi connectivity index (χ0n) is 9.91. The first-order chi connectivity index (χ1) is 8.15. The number of benzene rings is 1. The molecule has 17 heavy (non-hydrogen) atoms. The van der Waals surface area contributed by atoms with Crippen molar-refractivity contribution in [2.75, 3.05) is 7.11 Å². The van der Waals surface area contributed by atoms with Crippen LogP contribution in [0.1, 0.15) is 18.2 Å². The lowest BCUT2D eigenvalue weighted by Gasteiger charge is -2.00. The third-order valence-corrected chi connectivity index (χ3v) is 2.88. The zero-order chi connectivity index (χ0) is 12.4. The average Bonchev–Trinajstić information content (AvgIpc) is 2.65. The van der Waals surface area contributed by atoms with Crippen LogP contribution in [0.3, 0.4) is 0 Å². The number of aromatic amines is 1.